The molecule has 0 saturated carbocycles. The van der Waals surface area contributed by atoms with Gasteiger partial charge in [0.2, 0.25) is 5.91 Å². The summed E-state index contributed by atoms with van der Waals surface area (Å²) < 4.78 is 3.72. The van der Waals surface area contributed by atoms with Crippen molar-refractivity contribution in [2.75, 3.05) is 5.32 Å². The highest BCUT2D eigenvalue weighted by atomic mass is 16.1. The van der Waals surface area contributed by atoms with E-state index in [1.165, 1.54) is 0 Å². The van der Waals surface area contributed by atoms with Gasteiger partial charge in [0.05, 0.1) is 28.7 Å². The number of aryl methyl sites for hydroxylation is 3. The lowest BCUT2D eigenvalue weighted by Crippen LogP contribution is -2.29. The molecular weight excluding hydrogens is 292 g/mol. The minimum atomic E-state index is -0.0399. The molecule has 0 bridgehead atoms. The van der Waals surface area contributed by atoms with Gasteiger partial charge in [-0.3, -0.25) is 9.48 Å². The van der Waals surface area contributed by atoms with E-state index in [2.05, 4.69) is 20.6 Å². The quantitative estimate of drug-likeness (QED) is 0.777. The van der Waals surface area contributed by atoms with Crippen LogP contribution in [0, 0.1) is 5.92 Å². The Morgan fingerprint density at radius 2 is 2.22 bits per heavy atom. The van der Waals surface area contributed by atoms with Gasteiger partial charge in [-0.2, -0.15) is 0 Å². The van der Waals surface area contributed by atoms with Crippen LogP contribution in [0.2, 0.25) is 0 Å². The Bertz CT molecular complexity index is 893. The normalized spacial score (nSPS) is 17.2. The van der Waals surface area contributed by atoms with Crippen LogP contribution in [0.3, 0.4) is 0 Å². The number of hydrogen-bond acceptors (Lipinski definition) is 4. The highest BCUT2D eigenvalue weighted by Gasteiger charge is 2.28. The predicted octanol–water partition coefficient (Wildman–Crippen LogP) is 1.45. The molecule has 7 heteroatoms. The van der Waals surface area contributed by atoms with E-state index in [9.17, 15) is 4.79 Å². The van der Waals surface area contributed by atoms with Crippen LogP contribution in [0.15, 0.2) is 24.5 Å². The number of anilines is 1. The molecule has 3 aromatic rings. The van der Waals surface area contributed by atoms with Crippen molar-refractivity contribution in [3.8, 4) is 0 Å². The number of benzene rings is 1. The van der Waals surface area contributed by atoms with Crippen LogP contribution in [0.1, 0.15) is 17.8 Å². The molecule has 0 spiro atoms. The maximum atomic E-state index is 12.6. The largest absolute Gasteiger partial charge is 0.334 e. The molecule has 1 atom stereocenters. The molecule has 2 heterocycles. The van der Waals surface area contributed by atoms with Crippen LogP contribution in [0.25, 0.3) is 11.0 Å². The molecule has 1 N–H and O–H groups in total. The van der Waals surface area contributed by atoms with E-state index in [-0.39, 0.29) is 11.8 Å². The first-order chi connectivity index (χ1) is 11.1. The fraction of sp³-hybridized carbons (Fsp3) is 0.375. The number of carbonyl (C=O) groups excluding carboxylic acids is 1. The first-order valence-electron chi connectivity index (χ1n) is 7.71. The molecule has 1 aliphatic rings. The predicted molar refractivity (Wildman–Crippen MR) is 85.9 cm³/mol. The minimum Gasteiger partial charge on any atom is -0.334 e. The number of carbonyl (C=O) groups is 1. The van der Waals surface area contributed by atoms with Gasteiger partial charge in [-0.15, -0.1) is 5.10 Å². The van der Waals surface area contributed by atoms with Gasteiger partial charge in [0, 0.05) is 32.1 Å². The Balaban J connectivity index is 1.53. The highest BCUT2D eigenvalue weighted by molar-refractivity contribution is 5.94. The van der Waals surface area contributed by atoms with Crippen LogP contribution in [-0.2, 0) is 31.7 Å². The summed E-state index contributed by atoms with van der Waals surface area (Å²) in [5.74, 6) is 0.0142. The number of nitrogens with zero attached hydrogens (tertiary/aromatic N) is 5. The third kappa shape index (κ3) is 2.38. The van der Waals surface area contributed by atoms with Crippen molar-refractivity contribution in [1.82, 2.24) is 24.5 Å². The van der Waals surface area contributed by atoms with E-state index in [1.807, 2.05) is 36.9 Å². The molecule has 1 unspecified atom stereocenters. The number of hydrogen-bond donors (Lipinski definition) is 1. The molecule has 1 aliphatic carbocycles. The standard InChI is InChI=1S/C16H18N6O/c1-21-9-17-12-6-4-11(8-14(12)21)18-16(23)10-3-5-13-15(7-10)22(2)20-19-13/h4,6,8-10H,3,5,7H2,1-2H3,(H,18,23). The topological polar surface area (TPSA) is 77.6 Å². The van der Waals surface area contributed by atoms with Gasteiger partial charge >= 0.3 is 0 Å². The van der Waals surface area contributed by atoms with E-state index in [0.717, 1.165) is 41.0 Å². The molecule has 0 aliphatic heterocycles. The third-order valence-electron chi connectivity index (χ3n) is 4.56. The number of rotatable bonds is 2. The van der Waals surface area contributed by atoms with Gasteiger partial charge in [0.15, 0.2) is 0 Å². The van der Waals surface area contributed by atoms with Crippen molar-refractivity contribution in [3.05, 3.63) is 35.9 Å². The summed E-state index contributed by atoms with van der Waals surface area (Å²) in [5.41, 5.74) is 4.82. The highest BCUT2D eigenvalue weighted by Crippen LogP contribution is 2.25. The zero-order valence-electron chi connectivity index (χ0n) is 13.2. The molecule has 1 amide bonds. The van der Waals surface area contributed by atoms with E-state index in [1.54, 1.807) is 11.0 Å². The Morgan fingerprint density at radius 1 is 1.35 bits per heavy atom. The first-order valence-corrected chi connectivity index (χ1v) is 7.71. The van der Waals surface area contributed by atoms with Crippen molar-refractivity contribution >= 4 is 22.6 Å². The van der Waals surface area contributed by atoms with Gasteiger partial charge in [0.25, 0.3) is 0 Å². The Kier molecular flexibility index (Phi) is 3.14. The lowest BCUT2D eigenvalue weighted by Gasteiger charge is -2.21. The molecule has 0 fully saturated rings. The van der Waals surface area contributed by atoms with Crippen molar-refractivity contribution in [2.45, 2.75) is 19.3 Å². The first kappa shape index (κ1) is 13.9. The maximum Gasteiger partial charge on any atom is 0.227 e. The third-order valence-corrected chi connectivity index (χ3v) is 4.56. The number of amides is 1. The number of aromatic nitrogens is 5. The van der Waals surface area contributed by atoms with Crippen molar-refractivity contribution in [2.24, 2.45) is 20.0 Å². The summed E-state index contributed by atoms with van der Waals surface area (Å²) in [6.07, 6.45) is 4.08. The van der Waals surface area contributed by atoms with Crippen LogP contribution in [0.5, 0.6) is 0 Å². The van der Waals surface area contributed by atoms with E-state index in [0.29, 0.717) is 6.42 Å². The molecule has 7 nitrogen and oxygen atoms in total. The van der Waals surface area contributed by atoms with Crippen LogP contribution in [-0.4, -0.2) is 30.5 Å². The SMILES string of the molecule is Cn1nnc2c1CC(C(=O)Nc1ccc3ncn(C)c3c1)CC2. The Labute approximate surface area is 133 Å². The van der Waals surface area contributed by atoms with Crippen LogP contribution >= 0.6 is 0 Å². The lowest BCUT2D eigenvalue weighted by molar-refractivity contribution is -0.120. The Morgan fingerprint density at radius 3 is 3.09 bits per heavy atom. The number of fused-ring (bicyclic) bond motifs is 2. The summed E-state index contributed by atoms with van der Waals surface area (Å²) in [5, 5.41) is 11.2. The maximum absolute atomic E-state index is 12.6. The fourth-order valence-corrected chi connectivity index (χ4v) is 3.18. The smallest absolute Gasteiger partial charge is 0.227 e. The average Bonchev–Trinajstić information content (AvgIpc) is 3.11. The lowest BCUT2D eigenvalue weighted by atomic mass is 9.89. The molecule has 118 valence electrons. The zero-order valence-corrected chi connectivity index (χ0v) is 13.2. The molecule has 2 aromatic heterocycles. The Hall–Kier alpha value is -2.70. The van der Waals surface area contributed by atoms with Crippen molar-refractivity contribution < 1.29 is 4.79 Å². The monoisotopic (exact) mass is 310 g/mol. The summed E-state index contributed by atoms with van der Waals surface area (Å²) >= 11 is 0. The van der Waals surface area contributed by atoms with E-state index < -0.39 is 0 Å². The zero-order chi connectivity index (χ0) is 16.0. The van der Waals surface area contributed by atoms with Gasteiger partial charge in [-0.05, 0) is 31.0 Å². The van der Waals surface area contributed by atoms with Crippen molar-refractivity contribution in [3.63, 3.8) is 0 Å². The second-order valence-electron chi connectivity index (χ2n) is 6.09. The van der Waals surface area contributed by atoms with E-state index in [4.69, 9.17) is 0 Å². The summed E-state index contributed by atoms with van der Waals surface area (Å²) in [6, 6.07) is 5.78. The van der Waals surface area contributed by atoms with E-state index >= 15 is 0 Å². The summed E-state index contributed by atoms with van der Waals surface area (Å²) in [6.45, 7) is 0. The average molecular weight is 310 g/mol. The molecule has 0 saturated heterocycles. The molecule has 4 rings (SSSR count). The molecular formula is C16H18N6O. The minimum absolute atomic E-state index is 0.0399. The van der Waals surface area contributed by atoms with Gasteiger partial charge < -0.3 is 9.88 Å². The second kappa shape index (κ2) is 5.19. The van der Waals surface area contributed by atoms with Crippen LogP contribution in [0.4, 0.5) is 5.69 Å². The molecule has 23 heavy (non-hydrogen) atoms. The van der Waals surface area contributed by atoms with Crippen molar-refractivity contribution in [1.29, 1.82) is 0 Å². The molecule has 0 radical (unpaired) electrons. The summed E-state index contributed by atoms with van der Waals surface area (Å²) in [4.78, 5) is 16.9. The van der Waals surface area contributed by atoms with Crippen LogP contribution < -0.4 is 5.32 Å². The van der Waals surface area contributed by atoms with Gasteiger partial charge in [0.1, 0.15) is 0 Å². The van der Waals surface area contributed by atoms with Gasteiger partial charge in [-0.25, -0.2) is 4.98 Å². The molecule has 1 aromatic carbocycles. The summed E-state index contributed by atoms with van der Waals surface area (Å²) in [7, 11) is 3.82. The number of nitrogens with one attached hydrogen (secondary N) is 1. The fourth-order valence-electron chi connectivity index (χ4n) is 3.18. The number of imidazole rings is 1. The van der Waals surface area contributed by atoms with Gasteiger partial charge in [-0.1, -0.05) is 5.21 Å². The second-order valence-corrected chi connectivity index (χ2v) is 6.09.